The van der Waals surface area contributed by atoms with E-state index in [1.54, 1.807) is 0 Å². The van der Waals surface area contributed by atoms with E-state index in [0.717, 1.165) is 0 Å². The Labute approximate surface area is 135 Å². The second-order valence-corrected chi connectivity index (χ2v) is 5.22. The molecular weight excluding hydrogens is 345 g/mol. The lowest BCUT2D eigenvalue weighted by Gasteiger charge is -2.28. The molecule has 24 heavy (non-hydrogen) atoms. The molecule has 0 unspecified atom stereocenters. The summed E-state index contributed by atoms with van der Waals surface area (Å²) in [6.45, 7) is -3.78. The maximum atomic E-state index is 11.2. The standard InChI is InChI=1S/C12H20N.C2BF8/c1-2-3-4-5-7-10-13-11-8-6-9-12-13;4-1(5,2(6,7)8)3(9,10)11/h6,8-9,11-12H,2-5,7,10H2,1H3;/q+1;-1. The smallest absolute Gasteiger partial charge is 0.445 e. The van der Waals surface area contributed by atoms with E-state index in [1.165, 1.54) is 38.6 Å². The van der Waals surface area contributed by atoms with E-state index in [4.69, 9.17) is 0 Å². The van der Waals surface area contributed by atoms with Gasteiger partial charge in [0.1, 0.15) is 6.54 Å². The molecule has 1 aromatic rings. The third-order valence-electron chi connectivity index (χ3n) is 3.09. The molecule has 10 heteroatoms. The number of nitrogens with zero attached hydrogens (tertiary/aromatic N) is 1. The predicted molar refractivity (Wildman–Crippen MR) is 75.5 cm³/mol. The van der Waals surface area contributed by atoms with Gasteiger partial charge in [0.25, 0.3) is 0 Å². The fourth-order valence-corrected chi connectivity index (χ4v) is 1.67. The molecule has 0 aromatic carbocycles. The second-order valence-electron chi connectivity index (χ2n) is 5.22. The Kier molecular flexibility index (Phi) is 9.28. The highest BCUT2D eigenvalue weighted by Gasteiger charge is 2.69. The maximum Gasteiger partial charge on any atom is 0.558 e. The number of rotatable bonds is 7. The highest BCUT2D eigenvalue weighted by Crippen LogP contribution is 2.43. The molecule has 1 aromatic heterocycles. The number of alkyl halides is 5. The highest BCUT2D eigenvalue weighted by atomic mass is 19.4. The van der Waals surface area contributed by atoms with Gasteiger partial charge < -0.3 is 12.9 Å². The average Bonchev–Trinajstić information content (AvgIpc) is 2.46. The number of unbranched alkanes of at least 4 members (excludes halogenated alkanes) is 4. The van der Waals surface area contributed by atoms with Crippen LogP contribution in [0.3, 0.4) is 0 Å². The number of hydrogen-bond acceptors (Lipinski definition) is 0. The first-order valence-electron chi connectivity index (χ1n) is 7.51. The normalized spacial score (nSPS) is 12.5. The zero-order chi connectivity index (χ0) is 18.9. The van der Waals surface area contributed by atoms with Gasteiger partial charge in [-0.15, -0.1) is 0 Å². The van der Waals surface area contributed by atoms with Crippen LogP contribution in [-0.2, 0) is 6.54 Å². The summed E-state index contributed by atoms with van der Waals surface area (Å²) in [6.07, 6.45) is 4.52. The molecule has 0 atom stereocenters. The number of hydrogen-bond donors (Lipinski definition) is 0. The molecule has 1 heterocycles. The van der Waals surface area contributed by atoms with Gasteiger partial charge in [-0.05, 0) is 6.42 Å². The lowest BCUT2D eigenvalue weighted by atomic mass is 9.80. The van der Waals surface area contributed by atoms with Gasteiger partial charge in [0.15, 0.2) is 12.4 Å². The zero-order valence-electron chi connectivity index (χ0n) is 13.2. The van der Waals surface area contributed by atoms with Gasteiger partial charge in [0.05, 0.1) is 0 Å². The van der Waals surface area contributed by atoms with E-state index in [-0.39, 0.29) is 0 Å². The van der Waals surface area contributed by atoms with Crippen LogP contribution in [0, 0.1) is 0 Å². The van der Waals surface area contributed by atoms with Crippen molar-refractivity contribution in [2.24, 2.45) is 0 Å². The third-order valence-corrected chi connectivity index (χ3v) is 3.09. The molecule has 0 aliphatic carbocycles. The summed E-state index contributed by atoms with van der Waals surface area (Å²) < 4.78 is 90.1. The summed E-state index contributed by atoms with van der Waals surface area (Å²) in [7, 11) is 0. The summed E-state index contributed by atoms with van der Waals surface area (Å²) in [4.78, 5) is 0. The Morgan fingerprint density at radius 3 is 1.67 bits per heavy atom. The van der Waals surface area contributed by atoms with Crippen molar-refractivity contribution < 1.29 is 39.5 Å². The second kappa shape index (κ2) is 9.83. The Morgan fingerprint density at radius 1 is 0.792 bits per heavy atom. The van der Waals surface area contributed by atoms with Gasteiger partial charge in [-0.3, -0.25) is 0 Å². The molecule has 0 radical (unpaired) electrons. The predicted octanol–water partition coefficient (Wildman–Crippen LogP) is 5.52. The van der Waals surface area contributed by atoms with E-state index < -0.39 is 19.0 Å². The van der Waals surface area contributed by atoms with Crippen molar-refractivity contribution in [2.45, 2.75) is 57.6 Å². The van der Waals surface area contributed by atoms with Crippen molar-refractivity contribution in [2.75, 3.05) is 0 Å². The van der Waals surface area contributed by atoms with Crippen molar-refractivity contribution in [3.8, 4) is 0 Å². The molecule has 0 N–H and O–H groups in total. The largest absolute Gasteiger partial charge is 0.558 e. The van der Waals surface area contributed by atoms with Gasteiger partial charge in [0.2, 0.25) is 0 Å². The quantitative estimate of drug-likeness (QED) is 0.260. The minimum atomic E-state index is -7.21. The minimum absolute atomic E-state index is 1.17. The molecule has 0 aliphatic heterocycles. The maximum absolute atomic E-state index is 11.2. The fourth-order valence-electron chi connectivity index (χ4n) is 1.67. The molecule has 0 amide bonds. The third kappa shape index (κ3) is 7.96. The monoisotopic (exact) mass is 365 g/mol. The summed E-state index contributed by atoms with van der Waals surface area (Å²) in [5.74, 6) is -6.56. The average molecular weight is 365 g/mol. The van der Waals surface area contributed by atoms with Crippen molar-refractivity contribution >= 4 is 6.98 Å². The number of halogens is 8. The van der Waals surface area contributed by atoms with Gasteiger partial charge in [-0.1, -0.05) is 32.3 Å². The SMILES string of the molecule is CCCCCCC[n+]1ccccc1.F[B-](F)(F)C(F)(F)C(F)(F)F. The molecule has 0 saturated heterocycles. The van der Waals surface area contributed by atoms with E-state index in [1.807, 2.05) is 0 Å². The summed E-state index contributed by atoms with van der Waals surface area (Å²) >= 11 is 0. The summed E-state index contributed by atoms with van der Waals surface area (Å²) in [5.41, 5.74) is 0. The van der Waals surface area contributed by atoms with Crippen molar-refractivity contribution in [3.05, 3.63) is 30.6 Å². The molecule has 1 rings (SSSR count). The van der Waals surface area contributed by atoms with Crippen LogP contribution in [0.4, 0.5) is 34.9 Å². The van der Waals surface area contributed by atoms with Crippen LogP contribution < -0.4 is 4.57 Å². The molecule has 0 saturated carbocycles. The Morgan fingerprint density at radius 2 is 1.29 bits per heavy atom. The van der Waals surface area contributed by atoms with E-state index in [9.17, 15) is 34.9 Å². The number of aryl methyl sites for hydroxylation is 1. The number of pyridine rings is 1. The topological polar surface area (TPSA) is 3.88 Å². The van der Waals surface area contributed by atoms with Gasteiger partial charge in [0, 0.05) is 18.6 Å². The van der Waals surface area contributed by atoms with Crippen LogP contribution >= 0.6 is 0 Å². The summed E-state index contributed by atoms with van der Waals surface area (Å²) in [6, 6.07) is 6.24. The highest BCUT2D eigenvalue weighted by molar-refractivity contribution is 6.61. The van der Waals surface area contributed by atoms with E-state index >= 15 is 0 Å². The van der Waals surface area contributed by atoms with Crippen molar-refractivity contribution in [1.29, 1.82) is 0 Å². The number of aromatic nitrogens is 1. The lowest BCUT2D eigenvalue weighted by Crippen LogP contribution is -2.53. The summed E-state index contributed by atoms with van der Waals surface area (Å²) in [5, 5.41) is 0. The van der Waals surface area contributed by atoms with Crippen LogP contribution in [-0.4, -0.2) is 19.0 Å². The first kappa shape index (κ1) is 22.7. The fraction of sp³-hybridized carbons (Fsp3) is 0.643. The van der Waals surface area contributed by atoms with Gasteiger partial charge in [-0.2, -0.15) is 13.2 Å². The molecule has 0 fully saturated rings. The van der Waals surface area contributed by atoms with Crippen LogP contribution in [0.15, 0.2) is 30.6 Å². The van der Waals surface area contributed by atoms with Gasteiger partial charge in [-0.25, -0.2) is 13.3 Å². The molecular formula is C14H20BF8N. The minimum Gasteiger partial charge on any atom is -0.445 e. The Hall–Kier alpha value is -1.35. The lowest BCUT2D eigenvalue weighted by molar-refractivity contribution is -0.697. The molecule has 1 nitrogen and oxygen atoms in total. The van der Waals surface area contributed by atoms with E-state index in [0.29, 0.717) is 0 Å². The zero-order valence-corrected chi connectivity index (χ0v) is 13.2. The molecule has 0 bridgehead atoms. The van der Waals surface area contributed by atoms with Crippen molar-refractivity contribution in [3.63, 3.8) is 0 Å². The first-order valence-corrected chi connectivity index (χ1v) is 7.51. The van der Waals surface area contributed by atoms with Crippen LogP contribution in [0.5, 0.6) is 0 Å². The van der Waals surface area contributed by atoms with Crippen LogP contribution in [0.25, 0.3) is 0 Å². The van der Waals surface area contributed by atoms with Crippen LogP contribution in [0.2, 0.25) is 0 Å². The van der Waals surface area contributed by atoms with Gasteiger partial charge >= 0.3 is 19.0 Å². The Balaban J connectivity index is 0.000000449. The first-order chi connectivity index (χ1) is 10.9. The molecule has 0 aliphatic rings. The molecule has 0 spiro atoms. The van der Waals surface area contributed by atoms with Crippen molar-refractivity contribution in [1.82, 2.24) is 0 Å². The Bertz CT molecular complexity index is 428. The van der Waals surface area contributed by atoms with Crippen LogP contribution in [0.1, 0.15) is 39.0 Å². The molecule has 140 valence electrons. The van der Waals surface area contributed by atoms with E-state index in [2.05, 4.69) is 42.1 Å².